The molecule has 0 aromatic heterocycles. The van der Waals surface area contributed by atoms with Gasteiger partial charge in [0.15, 0.2) is 0 Å². The van der Waals surface area contributed by atoms with Crippen molar-refractivity contribution in [2.75, 3.05) is 16.8 Å². The highest BCUT2D eigenvalue weighted by Crippen LogP contribution is 2.17. The lowest BCUT2D eigenvalue weighted by Crippen LogP contribution is -2.32. The molecule has 0 spiro atoms. The fourth-order valence-electron chi connectivity index (χ4n) is 2.62. The summed E-state index contributed by atoms with van der Waals surface area (Å²) >= 11 is 0. The number of hydrogen-bond acceptors (Lipinski definition) is 2. The van der Waals surface area contributed by atoms with Crippen molar-refractivity contribution in [3.63, 3.8) is 0 Å². The third-order valence-electron chi connectivity index (χ3n) is 3.78. The Morgan fingerprint density at radius 2 is 1.56 bits per heavy atom. The van der Waals surface area contributed by atoms with Gasteiger partial charge in [-0.25, -0.2) is 4.39 Å². The molecule has 3 nitrogen and oxygen atoms in total. The van der Waals surface area contributed by atoms with Crippen molar-refractivity contribution in [1.29, 1.82) is 0 Å². The zero-order valence-electron chi connectivity index (χ0n) is 13.7. The van der Waals surface area contributed by atoms with Crippen molar-refractivity contribution in [3.8, 4) is 0 Å². The number of nitrogens with zero attached hydrogens (tertiary/aromatic N) is 1. The van der Waals surface area contributed by atoms with Gasteiger partial charge in [-0.15, -0.1) is 0 Å². The lowest BCUT2D eigenvalue weighted by Gasteiger charge is -2.24. The van der Waals surface area contributed by atoms with Crippen molar-refractivity contribution < 1.29 is 9.18 Å². The van der Waals surface area contributed by atoms with Gasteiger partial charge < -0.3 is 10.2 Å². The number of anilines is 2. The Morgan fingerprint density at radius 1 is 0.880 bits per heavy atom. The predicted molar refractivity (Wildman–Crippen MR) is 99.0 cm³/mol. The summed E-state index contributed by atoms with van der Waals surface area (Å²) in [7, 11) is 0. The summed E-state index contributed by atoms with van der Waals surface area (Å²) in [6.07, 6.45) is 0. The van der Waals surface area contributed by atoms with Crippen molar-refractivity contribution >= 4 is 17.3 Å². The highest BCUT2D eigenvalue weighted by atomic mass is 19.1. The van der Waals surface area contributed by atoms with E-state index in [1.807, 2.05) is 65.6 Å². The number of hydrogen-bond donors (Lipinski definition) is 1. The van der Waals surface area contributed by atoms with E-state index in [4.69, 9.17) is 0 Å². The maximum atomic E-state index is 13.3. The fraction of sp³-hybridized carbons (Fsp3) is 0.0952. The van der Waals surface area contributed by atoms with Crippen LogP contribution in [-0.4, -0.2) is 12.5 Å². The van der Waals surface area contributed by atoms with Gasteiger partial charge in [0.05, 0.1) is 6.54 Å². The van der Waals surface area contributed by atoms with E-state index in [1.54, 1.807) is 12.1 Å². The molecule has 0 radical (unpaired) electrons. The van der Waals surface area contributed by atoms with Crippen LogP contribution >= 0.6 is 0 Å². The van der Waals surface area contributed by atoms with Crippen LogP contribution in [0.5, 0.6) is 0 Å². The molecule has 0 fully saturated rings. The maximum absolute atomic E-state index is 13.3. The summed E-state index contributed by atoms with van der Waals surface area (Å²) in [4.78, 5) is 14.4. The number of halogens is 1. The number of carbonyl (C=O) groups is 1. The molecule has 3 rings (SSSR count). The zero-order valence-corrected chi connectivity index (χ0v) is 13.7. The molecular weight excluding hydrogens is 315 g/mol. The highest BCUT2D eigenvalue weighted by Gasteiger charge is 2.12. The molecule has 25 heavy (non-hydrogen) atoms. The molecule has 1 amide bonds. The Labute approximate surface area is 146 Å². The summed E-state index contributed by atoms with van der Waals surface area (Å²) in [6, 6.07) is 25.6. The average molecular weight is 334 g/mol. The number of carbonyl (C=O) groups excluding carboxylic acids is 1. The first-order valence-corrected chi connectivity index (χ1v) is 8.10. The normalized spacial score (nSPS) is 10.3. The number of benzene rings is 3. The second-order valence-corrected chi connectivity index (χ2v) is 5.74. The van der Waals surface area contributed by atoms with E-state index in [2.05, 4.69) is 5.32 Å². The van der Waals surface area contributed by atoms with Crippen molar-refractivity contribution in [2.24, 2.45) is 0 Å². The first-order chi connectivity index (χ1) is 12.2. The smallest absolute Gasteiger partial charge is 0.243 e. The van der Waals surface area contributed by atoms with E-state index in [-0.39, 0.29) is 18.3 Å². The molecule has 0 atom stereocenters. The van der Waals surface area contributed by atoms with Crippen molar-refractivity contribution in [3.05, 3.63) is 96.3 Å². The minimum Gasteiger partial charge on any atom is -0.358 e. The Morgan fingerprint density at radius 3 is 2.24 bits per heavy atom. The molecule has 1 N–H and O–H groups in total. The molecule has 0 unspecified atom stereocenters. The lowest BCUT2D eigenvalue weighted by atomic mass is 10.2. The zero-order chi connectivity index (χ0) is 17.5. The predicted octanol–water partition coefficient (Wildman–Crippen LogP) is 4.47. The standard InChI is InChI=1S/C21H19FN2O/c22-18-10-7-11-19(14-18)23-21(25)16-24(20-12-5-2-6-13-20)15-17-8-3-1-4-9-17/h1-14H,15-16H2,(H,23,25). The fourth-order valence-corrected chi connectivity index (χ4v) is 2.62. The summed E-state index contributed by atoms with van der Waals surface area (Å²) in [6.45, 7) is 0.789. The minimum atomic E-state index is -0.373. The van der Waals surface area contributed by atoms with Crippen LogP contribution in [0.4, 0.5) is 15.8 Å². The van der Waals surface area contributed by atoms with Gasteiger partial charge in [-0.2, -0.15) is 0 Å². The molecule has 3 aromatic rings. The van der Waals surface area contributed by atoms with Crippen LogP contribution in [0.2, 0.25) is 0 Å². The molecule has 0 aliphatic heterocycles. The number of amides is 1. The van der Waals surface area contributed by atoms with E-state index in [1.165, 1.54) is 12.1 Å². The van der Waals surface area contributed by atoms with Crippen LogP contribution in [0.15, 0.2) is 84.9 Å². The minimum absolute atomic E-state index is 0.176. The lowest BCUT2D eigenvalue weighted by molar-refractivity contribution is -0.115. The quantitative estimate of drug-likeness (QED) is 0.721. The van der Waals surface area contributed by atoms with Crippen LogP contribution in [-0.2, 0) is 11.3 Å². The molecule has 0 aliphatic carbocycles. The van der Waals surface area contributed by atoms with Crippen molar-refractivity contribution in [1.82, 2.24) is 0 Å². The average Bonchev–Trinajstić information content (AvgIpc) is 2.63. The maximum Gasteiger partial charge on any atom is 0.243 e. The SMILES string of the molecule is O=C(CN(Cc1ccccc1)c1ccccc1)Nc1cccc(F)c1. The molecule has 3 aromatic carbocycles. The van der Waals surface area contributed by atoms with Gasteiger partial charge in [-0.05, 0) is 35.9 Å². The van der Waals surface area contributed by atoms with E-state index in [0.717, 1.165) is 11.3 Å². The van der Waals surface area contributed by atoms with Crippen LogP contribution in [0.25, 0.3) is 0 Å². The molecule has 0 heterocycles. The van der Waals surface area contributed by atoms with Gasteiger partial charge in [0.25, 0.3) is 0 Å². The van der Waals surface area contributed by atoms with Crippen LogP contribution in [0.1, 0.15) is 5.56 Å². The van der Waals surface area contributed by atoms with Crippen molar-refractivity contribution in [2.45, 2.75) is 6.54 Å². The van der Waals surface area contributed by atoms with E-state index >= 15 is 0 Å². The number of nitrogens with one attached hydrogen (secondary N) is 1. The summed E-state index contributed by atoms with van der Waals surface area (Å²) in [5, 5.41) is 2.75. The van der Waals surface area contributed by atoms with Gasteiger partial charge in [0, 0.05) is 17.9 Å². The van der Waals surface area contributed by atoms with E-state index in [9.17, 15) is 9.18 Å². The first-order valence-electron chi connectivity index (χ1n) is 8.10. The van der Waals surface area contributed by atoms with Gasteiger partial charge >= 0.3 is 0 Å². The summed E-state index contributed by atoms with van der Waals surface area (Å²) in [5.41, 5.74) is 2.53. The summed E-state index contributed by atoms with van der Waals surface area (Å²) in [5.74, 6) is -0.563. The molecule has 126 valence electrons. The van der Waals surface area contributed by atoms with Crippen LogP contribution in [0, 0.1) is 5.82 Å². The van der Waals surface area contributed by atoms with E-state index in [0.29, 0.717) is 12.2 Å². The Hall–Kier alpha value is -3.14. The van der Waals surface area contributed by atoms with Gasteiger partial charge in [0.1, 0.15) is 5.82 Å². The Bertz CT molecular complexity index is 822. The van der Waals surface area contributed by atoms with E-state index < -0.39 is 0 Å². The second kappa shape index (κ2) is 8.11. The molecule has 0 saturated carbocycles. The molecular formula is C21H19FN2O. The van der Waals surface area contributed by atoms with Gasteiger partial charge in [0.2, 0.25) is 5.91 Å². The summed E-state index contributed by atoms with van der Waals surface area (Å²) < 4.78 is 13.3. The molecule has 0 aliphatic rings. The third kappa shape index (κ3) is 4.91. The van der Waals surface area contributed by atoms with Crippen LogP contribution < -0.4 is 10.2 Å². The second-order valence-electron chi connectivity index (χ2n) is 5.74. The molecule has 4 heteroatoms. The number of para-hydroxylation sites is 1. The Balaban J connectivity index is 1.74. The third-order valence-corrected chi connectivity index (χ3v) is 3.78. The highest BCUT2D eigenvalue weighted by molar-refractivity contribution is 5.94. The molecule has 0 bridgehead atoms. The van der Waals surface area contributed by atoms with Crippen LogP contribution in [0.3, 0.4) is 0 Å². The monoisotopic (exact) mass is 334 g/mol. The van der Waals surface area contributed by atoms with Gasteiger partial charge in [-0.3, -0.25) is 4.79 Å². The largest absolute Gasteiger partial charge is 0.358 e. The number of rotatable bonds is 6. The topological polar surface area (TPSA) is 32.3 Å². The molecule has 0 saturated heterocycles. The van der Waals surface area contributed by atoms with Gasteiger partial charge in [-0.1, -0.05) is 54.6 Å². The Kier molecular flexibility index (Phi) is 5.42. The first kappa shape index (κ1) is 16.7.